The van der Waals surface area contributed by atoms with Crippen LogP contribution in [-0.2, 0) is 14.3 Å². The summed E-state index contributed by atoms with van der Waals surface area (Å²) in [5.41, 5.74) is 0.958. The molecule has 0 saturated carbocycles. The lowest BCUT2D eigenvalue weighted by Gasteiger charge is -2.08. The molecule has 2 rings (SSSR count). The van der Waals surface area contributed by atoms with Crippen molar-refractivity contribution in [3.63, 3.8) is 0 Å². The van der Waals surface area contributed by atoms with Crippen molar-refractivity contribution in [1.29, 1.82) is 0 Å². The van der Waals surface area contributed by atoms with Gasteiger partial charge in [0.25, 0.3) is 0 Å². The van der Waals surface area contributed by atoms with Gasteiger partial charge in [0.1, 0.15) is 4.32 Å². The largest absolute Gasteiger partial charge is 0.462 e. The first kappa shape index (κ1) is 16.4. The molecule has 1 unspecified atom stereocenters. The number of nitrogens with one attached hydrogen (secondary N) is 2. The number of hydrogen-bond acceptors (Lipinski definition) is 6. The molecule has 22 heavy (non-hydrogen) atoms. The summed E-state index contributed by atoms with van der Waals surface area (Å²) in [6.07, 6.45) is 0.0380. The number of esters is 1. The van der Waals surface area contributed by atoms with Crippen LogP contribution in [0.1, 0.15) is 23.7 Å². The number of rotatable bonds is 5. The molecule has 116 valence electrons. The van der Waals surface area contributed by atoms with E-state index in [0.29, 0.717) is 22.2 Å². The maximum atomic E-state index is 11.9. The monoisotopic (exact) mass is 338 g/mol. The van der Waals surface area contributed by atoms with E-state index in [9.17, 15) is 14.4 Å². The Kier molecular flexibility index (Phi) is 5.51. The van der Waals surface area contributed by atoms with E-state index >= 15 is 0 Å². The minimum atomic E-state index is -0.494. The van der Waals surface area contributed by atoms with Crippen LogP contribution in [-0.4, -0.2) is 34.0 Å². The Labute approximate surface area is 137 Å². The number of thioether (sulfide) groups is 1. The highest BCUT2D eigenvalue weighted by atomic mass is 32.2. The normalized spacial score (nSPS) is 17.0. The summed E-state index contributed by atoms with van der Waals surface area (Å²) in [7, 11) is 0. The standard InChI is InChI=1S/C14H14N2O4S2/c1-2-20-13(19)8-3-5-9(6-4-8)15-11(17)7-10-12(18)16-14(21)22-10/h3-6,10H,2,7H2,1H3,(H,15,17)(H,16,18,21). The molecule has 0 aromatic heterocycles. The first-order valence-corrected chi connectivity index (χ1v) is 7.87. The Bertz CT molecular complexity index is 616. The minimum Gasteiger partial charge on any atom is -0.462 e. The molecule has 2 amide bonds. The first-order valence-electron chi connectivity index (χ1n) is 6.58. The molecule has 6 nitrogen and oxygen atoms in total. The summed E-state index contributed by atoms with van der Waals surface area (Å²) in [4.78, 5) is 34.9. The van der Waals surface area contributed by atoms with Crippen LogP contribution >= 0.6 is 24.0 Å². The highest BCUT2D eigenvalue weighted by Crippen LogP contribution is 2.22. The molecule has 0 bridgehead atoms. The zero-order valence-corrected chi connectivity index (χ0v) is 13.4. The fourth-order valence-corrected chi connectivity index (χ4v) is 3.08. The molecule has 0 radical (unpaired) electrons. The lowest BCUT2D eigenvalue weighted by molar-refractivity contribution is -0.122. The summed E-state index contributed by atoms with van der Waals surface area (Å²) in [5, 5.41) is 4.67. The summed E-state index contributed by atoms with van der Waals surface area (Å²) < 4.78 is 5.26. The number of amides is 2. The number of benzene rings is 1. The van der Waals surface area contributed by atoms with Crippen LogP contribution < -0.4 is 10.6 Å². The van der Waals surface area contributed by atoms with E-state index in [1.54, 1.807) is 31.2 Å². The van der Waals surface area contributed by atoms with Gasteiger partial charge in [0.05, 0.1) is 17.4 Å². The Hall–Kier alpha value is -1.93. The molecule has 8 heteroatoms. The SMILES string of the molecule is CCOC(=O)c1ccc(NC(=O)CC2SC(=S)NC2=O)cc1. The predicted molar refractivity (Wildman–Crippen MR) is 87.8 cm³/mol. The molecule has 1 atom stereocenters. The highest BCUT2D eigenvalue weighted by molar-refractivity contribution is 8.24. The average molecular weight is 338 g/mol. The zero-order chi connectivity index (χ0) is 16.1. The number of hydrogen-bond donors (Lipinski definition) is 2. The maximum Gasteiger partial charge on any atom is 0.338 e. The van der Waals surface area contributed by atoms with Gasteiger partial charge in [0.15, 0.2) is 0 Å². The van der Waals surface area contributed by atoms with E-state index in [1.807, 2.05) is 0 Å². The Morgan fingerprint density at radius 1 is 1.36 bits per heavy atom. The van der Waals surface area contributed by atoms with Crippen molar-refractivity contribution < 1.29 is 19.1 Å². The van der Waals surface area contributed by atoms with Crippen molar-refractivity contribution in [3.8, 4) is 0 Å². The molecule has 0 spiro atoms. The predicted octanol–water partition coefficient (Wildman–Crippen LogP) is 1.71. The van der Waals surface area contributed by atoms with Crippen LogP contribution in [0.4, 0.5) is 5.69 Å². The molecule has 1 aliphatic heterocycles. The van der Waals surface area contributed by atoms with Gasteiger partial charge in [-0.2, -0.15) is 0 Å². The van der Waals surface area contributed by atoms with E-state index < -0.39 is 11.2 Å². The molecular formula is C14H14N2O4S2. The van der Waals surface area contributed by atoms with E-state index in [4.69, 9.17) is 17.0 Å². The van der Waals surface area contributed by atoms with Crippen LogP contribution in [0.5, 0.6) is 0 Å². The summed E-state index contributed by atoms with van der Waals surface area (Å²) in [6, 6.07) is 6.35. The first-order chi connectivity index (χ1) is 10.5. The number of anilines is 1. The summed E-state index contributed by atoms with van der Waals surface area (Å²) >= 11 is 6.04. The van der Waals surface area contributed by atoms with Crippen LogP contribution in [0.3, 0.4) is 0 Å². The number of carbonyl (C=O) groups is 3. The number of carbonyl (C=O) groups excluding carboxylic acids is 3. The Balaban J connectivity index is 1.90. The second-order valence-electron chi connectivity index (χ2n) is 4.43. The van der Waals surface area contributed by atoms with Crippen molar-refractivity contribution in [2.24, 2.45) is 0 Å². The third-order valence-electron chi connectivity index (χ3n) is 2.82. The van der Waals surface area contributed by atoms with Gasteiger partial charge >= 0.3 is 5.97 Å². The summed E-state index contributed by atoms with van der Waals surface area (Å²) in [5.74, 6) is -0.947. The maximum absolute atomic E-state index is 11.9. The molecule has 1 aromatic rings. The van der Waals surface area contributed by atoms with Gasteiger partial charge in [0.2, 0.25) is 11.8 Å². The summed E-state index contributed by atoms with van der Waals surface area (Å²) in [6.45, 7) is 2.04. The minimum absolute atomic E-state index is 0.0380. The molecular weight excluding hydrogens is 324 g/mol. The quantitative estimate of drug-likeness (QED) is 0.628. The van der Waals surface area contributed by atoms with Crippen molar-refractivity contribution >= 4 is 51.8 Å². The second-order valence-corrected chi connectivity index (χ2v) is 6.31. The number of thiocarbonyl (C=S) groups is 1. The van der Waals surface area contributed by atoms with Crippen LogP contribution in [0, 0.1) is 0 Å². The second kappa shape index (κ2) is 7.37. The van der Waals surface area contributed by atoms with E-state index in [-0.39, 0.29) is 18.2 Å². The van der Waals surface area contributed by atoms with Crippen molar-refractivity contribution in [1.82, 2.24) is 5.32 Å². The van der Waals surface area contributed by atoms with Gasteiger partial charge in [0, 0.05) is 12.1 Å². The van der Waals surface area contributed by atoms with Crippen molar-refractivity contribution in [2.45, 2.75) is 18.6 Å². The molecule has 2 N–H and O–H groups in total. The van der Waals surface area contributed by atoms with Crippen LogP contribution in [0.25, 0.3) is 0 Å². The van der Waals surface area contributed by atoms with E-state index in [0.717, 1.165) is 0 Å². The van der Waals surface area contributed by atoms with E-state index in [1.165, 1.54) is 11.8 Å². The molecule has 1 heterocycles. The van der Waals surface area contributed by atoms with E-state index in [2.05, 4.69) is 10.6 Å². The van der Waals surface area contributed by atoms with Crippen LogP contribution in [0.15, 0.2) is 24.3 Å². The lowest BCUT2D eigenvalue weighted by atomic mass is 10.2. The van der Waals surface area contributed by atoms with Gasteiger partial charge in [-0.05, 0) is 31.2 Å². The van der Waals surface area contributed by atoms with Gasteiger partial charge in [-0.1, -0.05) is 24.0 Å². The lowest BCUT2D eigenvalue weighted by Crippen LogP contribution is -2.27. The van der Waals surface area contributed by atoms with Gasteiger partial charge in [-0.25, -0.2) is 4.79 Å². The highest BCUT2D eigenvalue weighted by Gasteiger charge is 2.30. The molecule has 1 saturated heterocycles. The fourth-order valence-electron chi connectivity index (χ4n) is 1.81. The third kappa shape index (κ3) is 4.28. The molecule has 1 fully saturated rings. The molecule has 1 aromatic carbocycles. The molecule has 0 aliphatic carbocycles. The van der Waals surface area contributed by atoms with Crippen molar-refractivity contribution in [3.05, 3.63) is 29.8 Å². The van der Waals surface area contributed by atoms with Crippen LogP contribution in [0.2, 0.25) is 0 Å². The smallest absolute Gasteiger partial charge is 0.338 e. The van der Waals surface area contributed by atoms with Gasteiger partial charge in [-0.3, -0.25) is 9.59 Å². The van der Waals surface area contributed by atoms with Gasteiger partial charge < -0.3 is 15.4 Å². The molecule has 1 aliphatic rings. The average Bonchev–Trinajstić information content (AvgIpc) is 2.77. The third-order valence-corrected chi connectivity index (χ3v) is 4.19. The Morgan fingerprint density at radius 2 is 2.05 bits per heavy atom. The Morgan fingerprint density at radius 3 is 2.59 bits per heavy atom. The number of ether oxygens (including phenoxy) is 1. The fraction of sp³-hybridized carbons (Fsp3) is 0.286. The zero-order valence-electron chi connectivity index (χ0n) is 11.8. The van der Waals surface area contributed by atoms with Gasteiger partial charge in [-0.15, -0.1) is 0 Å². The van der Waals surface area contributed by atoms with Crippen molar-refractivity contribution in [2.75, 3.05) is 11.9 Å². The topological polar surface area (TPSA) is 84.5 Å².